The summed E-state index contributed by atoms with van der Waals surface area (Å²) in [5.74, 6) is 1.40. The smallest absolute Gasteiger partial charge is 0.0510 e. The van der Waals surface area contributed by atoms with E-state index in [0.717, 1.165) is 5.56 Å². The Balaban J connectivity index is 1.97. The van der Waals surface area contributed by atoms with Gasteiger partial charge in [-0.3, -0.25) is 0 Å². The van der Waals surface area contributed by atoms with Gasteiger partial charge >= 0.3 is 0 Å². The fourth-order valence-corrected chi connectivity index (χ4v) is 2.70. The van der Waals surface area contributed by atoms with E-state index in [1.807, 2.05) is 0 Å². The van der Waals surface area contributed by atoms with Crippen LogP contribution >= 0.6 is 0 Å². The Kier molecular flexibility index (Phi) is 4.43. The van der Waals surface area contributed by atoms with Gasteiger partial charge in [0, 0.05) is 4.91 Å². The molecule has 1 aromatic rings. The van der Waals surface area contributed by atoms with E-state index in [9.17, 15) is 0 Å². The average Bonchev–Trinajstić information content (AvgIpc) is 2.46. The molecule has 0 saturated heterocycles. The van der Waals surface area contributed by atoms with E-state index in [1.165, 1.54) is 31.2 Å². The van der Waals surface area contributed by atoms with E-state index in [4.69, 9.17) is 5.53 Å². The monoisotopic (exact) mass is 241 g/mol. The van der Waals surface area contributed by atoms with Crippen molar-refractivity contribution in [2.45, 2.75) is 38.1 Å². The van der Waals surface area contributed by atoms with Crippen LogP contribution in [0, 0.1) is 5.92 Å². The summed E-state index contributed by atoms with van der Waals surface area (Å²) in [4.78, 5) is 2.78. The van der Waals surface area contributed by atoms with Crippen molar-refractivity contribution in [1.82, 2.24) is 0 Å². The van der Waals surface area contributed by atoms with Gasteiger partial charge in [-0.1, -0.05) is 35.5 Å². The Bertz CT molecular complexity index is 435. The highest BCUT2D eigenvalue weighted by Gasteiger charge is 2.20. The molecule has 0 bridgehead atoms. The lowest BCUT2D eigenvalue weighted by Gasteiger charge is -2.27. The number of nitrogens with zero attached hydrogens (tertiary/aromatic N) is 3. The molecule has 0 unspecified atom stereocenters. The molecular weight excluding hydrogens is 222 g/mol. The third kappa shape index (κ3) is 3.14. The molecule has 1 fully saturated rings. The summed E-state index contributed by atoms with van der Waals surface area (Å²) in [6.07, 6.45) is 7.13. The van der Waals surface area contributed by atoms with Gasteiger partial charge in [-0.2, -0.15) is 0 Å². The van der Waals surface area contributed by atoms with Crippen molar-refractivity contribution in [3.8, 4) is 0 Å². The molecule has 1 aromatic carbocycles. The number of benzene rings is 1. The van der Waals surface area contributed by atoms with E-state index in [0.29, 0.717) is 18.4 Å². The third-order valence-corrected chi connectivity index (χ3v) is 3.87. The molecule has 3 nitrogen and oxygen atoms in total. The normalized spacial score (nSPS) is 23.1. The second kappa shape index (κ2) is 6.27. The van der Waals surface area contributed by atoms with Crippen LogP contribution in [0.25, 0.3) is 10.4 Å². The van der Waals surface area contributed by atoms with Crippen LogP contribution in [0.5, 0.6) is 0 Å². The Morgan fingerprint density at radius 2 is 1.89 bits per heavy atom. The van der Waals surface area contributed by atoms with Gasteiger partial charge in [-0.05, 0) is 54.2 Å². The summed E-state index contributed by atoms with van der Waals surface area (Å²) < 4.78 is 0. The van der Waals surface area contributed by atoms with Gasteiger partial charge in [-0.15, -0.1) is 6.58 Å². The predicted octanol–water partition coefficient (Wildman–Crippen LogP) is 4.96. The van der Waals surface area contributed by atoms with Crippen LogP contribution in [0.4, 0.5) is 0 Å². The topological polar surface area (TPSA) is 48.8 Å². The fraction of sp³-hybridized carbons (Fsp3) is 0.467. The van der Waals surface area contributed by atoms with Crippen LogP contribution in [-0.4, -0.2) is 0 Å². The molecule has 0 atom stereocenters. The first-order valence-corrected chi connectivity index (χ1v) is 6.55. The number of rotatable bonds is 4. The first kappa shape index (κ1) is 12.7. The van der Waals surface area contributed by atoms with Crippen molar-refractivity contribution in [1.29, 1.82) is 0 Å². The molecule has 2 rings (SSSR count). The summed E-state index contributed by atoms with van der Waals surface area (Å²) in [6.45, 7) is 4.33. The van der Waals surface area contributed by atoms with Crippen LogP contribution in [0.2, 0.25) is 0 Å². The second-order valence-electron chi connectivity index (χ2n) is 4.98. The minimum Gasteiger partial charge on any atom is -0.103 e. The van der Waals surface area contributed by atoms with Crippen LogP contribution in [0.15, 0.2) is 42.0 Å². The van der Waals surface area contributed by atoms with Crippen molar-refractivity contribution in [3.05, 3.63) is 58.5 Å². The number of hydrogen-bond acceptors (Lipinski definition) is 1. The van der Waals surface area contributed by atoms with Crippen LogP contribution in [0.3, 0.4) is 0 Å². The molecule has 94 valence electrons. The van der Waals surface area contributed by atoms with Crippen LogP contribution in [0.1, 0.15) is 42.7 Å². The highest BCUT2D eigenvalue weighted by atomic mass is 15.1. The summed E-state index contributed by atoms with van der Waals surface area (Å²) >= 11 is 0. The maximum atomic E-state index is 8.28. The summed E-state index contributed by atoms with van der Waals surface area (Å²) in [7, 11) is 0. The molecule has 1 saturated carbocycles. The molecule has 0 spiro atoms. The maximum absolute atomic E-state index is 8.28. The molecule has 0 aliphatic heterocycles. The second-order valence-corrected chi connectivity index (χ2v) is 4.98. The van der Waals surface area contributed by atoms with Gasteiger partial charge in [0.1, 0.15) is 0 Å². The standard InChI is InChI=1S/C15H19N3/c1-2-12-3-7-14(8-4-12)15-9-5-13(6-10-15)11-17-18-16/h2,5-6,9-10,12,14H,1,3-4,7-8,11H2. The van der Waals surface area contributed by atoms with E-state index in [-0.39, 0.29) is 0 Å². The van der Waals surface area contributed by atoms with Crippen LogP contribution < -0.4 is 0 Å². The Hall–Kier alpha value is -1.73. The molecule has 0 heterocycles. The average molecular weight is 241 g/mol. The molecule has 1 aliphatic carbocycles. The number of allylic oxidation sites excluding steroid dienone is 1. The molecule has 0 amide bonds. The van der Waals surface area contributed by atoms with Gasteiger partial charge in [0.2, 0.25) is 0 Å². The molecule has 18 heavy (non-hydrogen) atoms. The Labute approximate surface area is 108 Å². The zero-order chi connectivity index (χ0) is 12.8. The predicted molar refractivity (Wildman–Crippen MR) is 74.2 cm³/mol. The fourth-order valence-electron chi connectivity index (χ4n) is 2.70. The molecule has 0 aromatic heterocycles. The minimum atomic E-state index is 0.444. The minimum absolute atomic E-state index is 0.444. The first-order valence-electron chi connectivity index (χ1n) is 6.55. The van der Waals surface area contributed by atoms with Crippen LogP contribution in [-0.2, 0) is 6.54 Å². The van der Waals surface area contributed by atoms with Crippen molar-refractivity contribution in [3.63, 3.8) is 0 Å². The lowest BCUT2D eigenvalue weighted by Crippen LogP contribution is -2.11. The van der Waals surface area contributed by atoms with E-state index < -0.39 is 0 Å². The highest BCUT2D eigenvalue weighted by Crippen LogP contribution is 2.36. The lowest BCUT2D eigenvalue weighted by atomic mass is 9.79. The summed E-state index contributed by atoms with van der Waals surface area (Å²) in [6, 6.07) is 8.51. The summed E-state index contributed by atoms with van der Waals surface area (Å²) in [5.41, 5.74) is 10.8. The quantitative estimate of drug-likeness (QED) is 0.310. The van der Waals surface area contributed by atoms with Crippen molar-refractivity contribution in [2.24, 2.45) is 11.0 Å². The maximum Gasteiger partial charge on any atom is 0.0510 e. The van der Waals surface area contributed by atoms with Gasteiger partial charge in [0.05, 0.1) is 6.54 Å². The van der Waals surface area contributed by atoms with Crippen molar-refractivity contribution in [2.75, 3.05) is 0 Å². The van der Waals surface area contributed by atoms with Gasteiger partial charge in [0.25, 0.3) is 0 Å². The van der Waals surface area contributed by atoms with Gasteiger partial charge < -0.3 is 0 Å². The molecule has 3 heteroatoms. The van der Waals surface area contributed by atoms with Gasteiger partial charge in [-0.25, -0.2) is 0 Å². The summed E-state index contributed by atoms with van der Waals surface area (Å²) in [5, 5.41) is 3.57. The van der Waals surface area contributed by atoms with E-state index in [1.54, 1.807) is 0 Å². The molecule has 1 aliphatic rings. The van der Waals surface area contributed by atoms with Crippen molar-refractivity contribution >= 4 is 0 Å². The first-order chi connectivity index (χ1) is 8.83. The van der Waals surface area contributed by atoms with E-state index >= 15 is 0 Å². The Morgan fingerprint density at radius 1 is 1.22 bits per heavy atom. The molecule has 0 N–H and O–H groups in total. The highest BCUT2D eigenvalue weighted by molar-refractivity contribution is 5.25. The largest absolute Gasteiger partial charge is 0.103 e. The molecule has 0 radical (unpaired) electrons. The van der Waals surface area contributed by atoms with E-state index in [2.05, 4.69) is 46.9 Å². The zero-order valence-corrected chi connectivity index (χ0v) is 10.6. The number of hydrogen-bond donors (Lipinski definition) is 0. The number of azide groups is 1. The third-order valence-electron chi connectivity index (χ3n) is 3.87. The van der Waals surface area contributed by atoms with Crippen molar-refractivity contribution < 1.29 is 0 Å². The lowest BCUT2D eigenvalue weighted by molar-refractivity contribution is 0.376. The molecular formula is C15H19N3. The Morgan fingerprint density at radius 3 is 2.44 bits per heavy atom. The van der Waals surface area contributed by atoms with Gasteiger partial charge in [0.15, 0.2) is 0 Å². The zero-order valence-electron chi connectivity index (χ0n) is 10.6. The SMILES string of the molecule is C=CC1CCC(c2ccc(CN=[N+]=[N-])cc2)CC1.